The Hall–Kier alpha value is -3.01. The molecule has 1 amide bonds. The van der Waals surface area contributed by atoms with Crippen molar-refractivity contribution in [1.82, 2.24) is 10.2 Å². The van der Waals surface area contributed by atoms with Crippen molar-refractivity contribution in [3.63, 3.8) is 0 Å². The summed E-state index contributed by atoms with van der Waals surface area (Å²) in [6, 6.07) is 13.0. The van der Waals surface area contributed by atoms with E-state index in [0.29, 0.717) is 39.4 Å². The Morgan fingerprint density at radius 2 is 2.07 bits per heavy atom. The quantitative estimate of drug-likeness (QED) is 0.446. The monoisotopic (exact) mass is 412 g/mol. The molecule has 0 aliphatic carbocycles. The van der Waals surface area contributed by atoms with Gasteiger partial charge in [-0.15, -0.1) is 6.42 Å². The summed E-state index contributed by atoms with van der Waals surface area (Å²) < 4.78 is 10.8. The maximum absolute atomic E-state index is 12.8. The van der Waals surface area contributed by atoms with Gasteiger partial charge in [-0.05, 0) is 41.6 Å². The van der Waals surface area contributed by atoms with Crippen LogP contribution in [-0.2, 0) is 11.3 Å². The minimum atomic E-state index is -0.211. The van der Waals surface area contributed by atoms with Crippen molar-refractivity contribution in [3.05, 3.63) is 64.3 Å². The molecule has 0 aromatic heterocycles. The number of halogens is 1. The molecule has 0 bridgehead atoms. The molecule has 1 aliphatic rings. The second kappa shape index (κ2) is 8.79. The van der Waals surface area contributed by atoms with Crippen LogP contribution >= 0.6 is 23.8 Å². The minimum Gasteiger partial charge on any atom is -0.493 e. The Balaban J connectivity index is 1.85. The van der Waals surface area contributed by atoms with Crippen molar-refractivity contribution in [1.29, 1.82) is 0 Å². The van der Waals surface area contributed by atoms with Gasteiger partial charge in [0.2, 0.25) is 0 Å². The molecule has 28 heavy (non-hydrogen) atoms. The van der Waals surface area contributed by atoms with Crippen LogP contribution < -0.4 is 14.8 Å². The fourth-order valence-electron chi connectivity index (χ4n) is 2.72. The van der Waals surface area contributed by atoms with Gasteiger partial charge in [-0.3, -0.25) is 9.69 Å². The number of thiocarbonyl (C=S) groups is 1. The molecule has 0 atom stereocenters. The summed E-state index contributed by atoms with van der Waals surface area (Å²) >= 11 is 11.6. The minimum absolute atomic E-state index is 0.0687. The molecule has 142 valence electrons. The predicted molar refractivity (Wildman–Crippen MR) is 113 cm³/mol. The van der Waals surface area contributed by atoms with Gasteiger partial charge in [0.1, 0.15) is 12.3 Å². The number of nitrogens with one attached hydrogen (secondary N) is 1. The molecule has 1 saturated heterocycles. The highest BCUT2D eigenvalue weighted by molar-refractivity contribution is 7.80. The van der Waals surface area contributed by atoms with E-state index in [1.165, 1.54) is 12.0 Å². The molecule has 3 rings (SSSR count). The highest BCUT2D eigenvalue weighted by atomic mass is 35.5. The third kappa shape index (κ3) is 4.28. The second-order valence-electron chi connectivity index (χ2n) is 5.89. The number of amides is 1. The van der Waals surface area contributed by atoms with Gasteiger partial charge in [-0.2, -0.15) is 0 Å². The van der Waals surface area contributed by atoms with E-state index in [2.05, 4.69) is 11.2 Å². The van der Waals surface area contributed by atoms with Gasteiger partial charge < -0.3 is 14.8 Å². The van der Waals surface area contributed by atoms with Crippen molar-refractivity contribution in [2.45, 2.75) is 6.54 Å². The fourth-order valence-corrected chi connectivity index (χ4v) is 3.26. The Bertz CT molecular complexity index is 983. The first kappa shape index (κ1) is 19.7. The van der Waals surface area contributed by atoms with Crippen LogP contribution in [0, 0.1) is 12.3 Å². The van der Waals surface area contributed by atoms with Crippen LogP contribution in [0.2, 0.25) is 5.02 Å². The topological polar surface area (TPSA) is 50.8 Å². The molecule has 1 aliphatic heterocycles. The summed E-state index contributed by atoms with van der Waals surface area (Å²) in [4.78, 5) is 14.3. The first-order valence-corrected chi connectivity index (χ1v) is 9.14. The maximum Gasteiger partial charge on any atom is 0.276 e. The zero-order valence-electron chi connectivity index (χ0n) is 15.1. The largest absolute Gasteiger partial charge is 0.493 e. The third-order valence-electron chi connectivity index (χ3n) is 4.01. The first-order valence-electron chi connectivity index (χ1n) is 8.35. The Labute approximate surface area is 173 Å². The lowest BCUT2D eigenvalue weighted by molar-refractivity contribution is -0.122. The molecule has 7 heteroatoms. The van der Waals surface area contributed by atoms with Gasteiger partial charge in [0.15, 0.2) is 16.6 Å². The van der Waals surface area contributed by atoms with Gasteiger partial charge in [-0.1, -0.05) is 47.9 Å². The van der Waals surface area contributed by atoms with Crippen LogP contribution in [0.15, 0.2) is 48.2 Å². The van der Waals surface area contributed by atoms with E-state index < -0.39 is 0 Å². The molecule has 0 spiro atoms. The van der Waals surface area contributed by atoms with Crippen molar-refractivity contribution in [2.24, 2.45) is 0 Å². The maximum atomic E-state index is 12.8. The number of carbonyl (C=O) groups excluding carboxylic acids is 1. The molecule has 1 N–H and O–H groups in total. The molecule has 1 heterocycles. The average molecular weight is 413 g/mol. The summed E-state index contributed by atoms with van der Waals surface area (Å²) in [5.41, 5.74) is 2.01. The van der Waals surface area contributed by atoms with E-state index in [1.807, 2.05) is 30.3 Å². The SMILES string of the molecule is C#CCOc1c(Cl)cc(/C=C2\NC(=S)N(Cc3ccccc3)C2=O)cc1OC. The lowest BCUT2D eigenvalue weighted by Gasteiger charge is -2.13. The molecule has 0 saturated carbocycles. The highest BCUT2D eigenvalue weighted by Gasteiger charge is 2.30. The van der Waals surface area contributed by atoms with E-state index in [-0.39, 0.29) is 12.5 Å². The Kier molecular flexibility index (Phi) is 6.19. The summed E-state index contributed by atoms with van der Waals surface area (Å²) in [5.74, 6) is 2.95. The van der Waals surface area contributed by atoms with E-state index in [0.717, 1.165) is 5.56 Å². The molecule has 0 unspecified atom stereocenters. The second-order valence-corrected chi connectivity index (χ2v) is 6.69. The van der Waals surface area contributed by atoms with Crippen LogP contribution in [0.5, 0.6) is 11.5 Å². The van der Waals surface area contributed by atoms with E-state index in [1.54, 1.807) is 18.2 Å². The van der Waals surface area contributed by atoms with Crippen molar-refractivity contribution in [3.8, 4) is 23.8 Å². The molecule has 1 fully saturated rings. The fraction of sp³-hybridized carbons (Fsp3) is 0.143. The number of carbonyl (C=O) groups is 1. The third-order valence-corrected chi connectivity index (χ3v) is 4.61. The number of terminal acetylenes is 1. The summed E-state index contributed by atoms with van der Waals surface area (Å²) in [5, 5.41) is 3.64. The Morgan fingerprint density at radius 3 is 2.75 bits per heavy atom. The first-order chi connectivity index (χ1) is 13.5. The van der Waals surface area contributed by atoms with E-state index >= 15 is 0 Å². The highest BCUT2D eigenvalue weighted by Crippen LogP contribution is 2.37. The van der Waals surface area contributed by atoms with Gasteiger partial charge in [0.25, 0.3) is 5.91 Å². The molecular weight excluding hydrogens is 396 g/mol. The van der Waals surface area contributed by atoms with Gasteiger partial charge in [0, 0.05) is 0 Å². The number of nitrogens with zero attached hydrogens (tertiary/aromatic N) is 1. The summed E-state index contributed by atoms with van der Waals surface area (Å²) in [6.07, 6.45) is 6.89. The molecule has 5 nitrogen and oxygen atoms in total. The average Bonchev–Trinajstić information content (AvgIpc) is 2.95. The zero-order valence-corrected chi connectivity index (χ0v) is 16.6. The van der Waals surface area contributed by atoms with Crippen molar-refractivity contribution >= 4 is 40.9 Å². The van der Waals surface area contributed by atoms with Crippen LogP contribution in [-0.4, -0.2) is 29.6 Å². The number of rotatable bonds is 6. The zero-order chi connectivity index (χ0) is 20.1. The van der Waals surface area contributed by atoms with Gasteiger partial charge >= 0.3 is 0 Å². The molecule has 2 aromatic rings. The van der Waals surface area contributed by atoms with Crippen LogP contribution in [0.25, 0.3) is 6.08 Å². The smallest absolute Gasteiger partial charge is 0.276 e. The van der Waals surface area contributed by atoms with Crippen LogP contribution in [0.4, 0.5) is 0 Å². The van der Waals surface area contributed by atoms with E-state index in [9.17, 15) is 4.79 Å². The van der Waals surface area contributed by atoms with Crippen LogP contribution in [0.3, 0.4) is 0 Å². The number of methoxy groups -OCH3 is 1. The molecule has 2 aromatic carbocycles. The molecular formula is C21H17ClN2O3S. The number of hydrogen-bond acceptors (Lipinski definition) is 4. The number of ether oxygens (including phenoxy) is 2. The van der Waals surface area contributed by atoms with Gasteiger partial charge in [-0.25, -0.2) is 0 Å². The van der Waals surface area contributed by atoms with Gasteiger partial charge in [0.05, 0.1) is 18.7 Å². The van der Waals surface area contributed by atoms with Crippen molar-refractivity contribution < 1.29 is 14.3 Å². The summed E-state index contributed by atoms with van der Waals surface area (Å²) in [6.45, 7) is 0.463. The predicted octanol–water partition coefficient (Wildman–Crippen LogP) is 3.62. The van der Waals surface area contributed by atoms with Crippen LogP contribution in [0.1, 0.15) is 11.1 Å². The lowest BCUT2D eigenvalue weighted by atomic mass is 10.1. The lowest BCUT2D eigenvalue weighted by Crippen LogP contribution is -2.29. The number of benzene rings is 2. The number of hydrogen-bond donors (Lipinski definition) is 1. The normalized spacial score (nSPS) is 14.8. The Morgan fingerprint density at radius 1 is 1.32 bits per heavy atom. The van der Waals surface area contributed by atoms with Crippen molar-refractivity contribution in [2.75, 3.05) is 13.7 Å². The summed E-state index contributed by atoms with van der Waals surface area (Å²) in [7, 11) is 1.50. The standard InChI is InChI=1S/C21H17ClN2O3S/c1-3-9-27-19-16(22)10-15(12-18(19)26-2)11-17-20(25)24(21(28)23-17)13-14-7-5-4-6-8-14/h1,4-8,10-12H,9,13H2,2H3,(H,23,28)/b17-11-. The molecule has 0 radical (unpaired) electrons. The van der Waals surface area contributed by atoms with E-state index in [4.69, 9.17) is 39.7 Å².